The van der Waals surface area contributed by atoms with E-state index in [1.54, 1.807) is 18.2 Å². The molecule has 0 bridgehead atoms. The van der Waals surface area contributed by atoms with Gasteiger partial charge in [-0.2, -0.15) is 0 Å². The molecule has 2 heterocycles. The lowest BCUT2D eigenvalue weighted by atomic mass is 9.83. The van der Waals surface area contributed by atoms with Gasteiger partial charge in [0.15, 0.2) is 5.96 Å². The predicted molar refractivity (Wildman–Crippen MR) is 115 cm³/mol. The van der Waals surface area contributed by atoms with Crippen LogP contribution in [0.4, 0.5) is 10.1 Å². The minimum Gasteiger partial charge on any atom is -0.495 e. The molecular weight excluding hydrogens is 409 g/mol. The van der Waals surface area contributed by atoms with Crippen LogP contribution in [-0.2, 0) is 10.3 Å². The Labute approximate surface area is 179 Å². The Morgan fingerprint density at radius 1 is 1.43 bits per heavy atom. The van der Waals surface area contributed by atoms with Crippen LogP contribution >= 0.6 is 12.6 Å². The van der Waals surface area contributed by atoms with E-state index in [0.717, 1.165) is 0 Å². The first kappa shape index (κ1) is 21.8. The summed E-state index contributed by atoms with van der Waals surface area (Å²) >= 11 is 4.52. The Balaban J connectivity index is 1.93. The van der Waals surface area contributed by atoms with E-state index in [4.69, 9.17) is 15.2 Å². The number of anilines is 1. The van der Waals surface area contributed by atoms with Gasteiger partial charge in [-0.05, 0) is 43.2 Å². The van der Waals surface area contributed by atoms with Crippen molar-refractivity contribution in [3.05, 3.63) is 53.6 Å². The van der Waals surface area contributed by atoms with Crippen LogP contribution in [0.25, 0.3) is 0 Å². The first-order valence-electron chi connectivity index (χ1n) is 9.31. The smallest absolute Gasteiger partial charge is 0.274 e. The number of thiol groups is 1. The fourth-order valence-electron chi connectivity index (χ4n) is 3.33. The molecule has 10 heteroatoms. The molecule has 0 radical (unpaired) electrons. The molecule has 2 atom stereocenters. The van der Waals surface area contributed by atoms with Gasteiger partial charge >= 0.3 is 0 Å². The highest BCUT2D eigenvalue weighted by Crippen LogP contribution is 2.39. The molecule has 0 saturated carbocycles. The summed E-state index contributed by atoms with van der Waals surface area (Å²) in [6.07, 6.45) is 2.64. The van der Waals surface area contributed by atoms with E-state index in [0.29, 0.717) is 30.9 Å². The molecule has 0 aliphatic carbocycles. The summed E-state index contributed by atoms with van der Waals surface area (Å²) in [7, 11) is 3.04. The van der Waals surface area contributed by atoms with Crippen molar-refractivity contribution in [2.24, 2.45) is 10.7 Å². The van der Waals surface area contributed by atoms with E-state index in [-0.39, 0.29) is 17.2 Å². The second-order valence-corrected chi connectivity index (χ2v) is 7.23. The quantitative estimate of drug-likeness (QED) is 0.327. The summed E-state index contributed by atoms with van der Waals surface area (Å²) < 4.78 is 25.6. The predicted octanol–water partition coefficient (Wildman–Crippen LogP) is 2.28. The molecule has 1 saturated heterocycles. The normalized spacial score (nSPS) is 21.7. The average molecular weight is 434 g/mol. The fourth-order valence-corrected chi connectivity index (χ4v) is 3.77. The number of nitrogens with one attached hydrogen (secondary N) is 2. The third-order valence-corrected chi connectivity index (χ3v) is 5.50. The number of carbonyl (C=O) groups is 1. The Bertz CT molecular complexity index is 941. The number of aromatic nitrogens is 1. The molecule has 1 aliphatic rings. The highest BCUT2D eigenvalue weighted by molar-refractivity contribution is 7.80. The number of guanidine groups is 1. The van der Waals surface area contributed by atoms with Gasteiger partial charge in [-0.3, -0.25) is 9.79 Å². The van der Waals surface area contributed by atoms with Crippen LogP contribution < -0.4 is 21.1 Å². The molecule has 2 aromatic rings. The van der Waals surface area contributed by atoms with E-state index in [9.17, 15) is 9.18 Å². The van der Waals surface area contributed by atoms with Gasteiger partial charge in [0.1, 0.15) is 28.2 Å². The zero-order chi connectivity index (χ0) is 21.7. The van der Waals surface area contributed by atoms with E-state index < -0.39 is 22.7 Å². The third-order valence-electron chi connectivity index (χ3n) is 4.91. The number of nitrogens with zero attached hydrogens (tertiary/aromatic N) is 2. The molecule has 160 valence electrons. The van der Waals surface area contributed by atoms with Gasteiger partial charge in [0, 0.05) is 24.9 Å². The lowest BCUT2D eigenvalue weighted by Crippen LogP contribution is -2.57. The maximum atomic E-state index is 14.9. The van der Waals surface area contributed by atoms with Crippen molar-refractivity contribution >= 4 is 30.2 Å². The number of pyridine rings is 1. The number of carbonyl (C=O) groups excluding carboxylic acids is 1. The molecule has 1 aromatic carbocycles. The third kappa shape index (κ3) is 4.49. The number of amides is 1. The monoisotopic (exact) mass is 433 g/mol. The van der Waals surface area contributed by atoms with Gasteiger partial charge in [-0.1, -0.05) is 0 Å². The number of hydrogen-bond acceptors (Lipinski definition) is 6. The lowest BCUT2D eigenvalue weighted by Gasteiger charge is -2.43. The highest BCUT2D eigenvalue weighted by Gasteiger charge is 2.44. The molecule has 3 rings (SSSR count). The number of ether oxygens (including phenoxy) is 2. The fraction of sp³-hybridized carbons (Fsp3) is 0.350. The van der Waals surface area contributed by atoms with E-state index in [1.165, 1.54) is 32.5 Å². The second-order valence-electron chi connectivity index (χ2n) is 6.76. The largest absolute Gasteiger partial charge is 0.495 e. The van der Waals surface area contributed by atoms with Gasteiger partial charge < -0.3 is 25.8 Å². The minimum absolute atomic E-state index is 0.135. The van der Waals surface area contributed by atoms with Crippen LogP contribution in [0.3, 0.4) is 0 Å². The van der Waals surface area contributed by atoms with E-state index in [1.807, 2.05) is 0 Å². The van der Waals surface area contributed by atoms with Crippen LogP contribution in [-0.4, -0.2) is 43.1 Å². The van der Waals surface area contributed by atoms with Crippen molar-refractivity contribution in [2.75, 3.05) is 26.1 Å². The summed E-state index contributed by atoms with van der Waals surface area (Å²) in [5, 5.41) is 5.80. The Morgan fingerprint density at radius 2 is 2.23 bits per heavy atom. The maximum Gasteiger partial charge on any atom is 0.274 e. The van der Waals surface area contributed by atoms with Gasteiger partial charge in [0.05, 0.1) is 13.3 Å². The summed E-state index contributed by atoms with van der Waals surface area (Å²) in [6, 6.07) is 7.48. The van der Waals surface area contributed by atoms with Gasteiger partial charge in [-0.15, -0.1) is 12.6 Å². The molecule has 1 aliphatic heterocycles. The minimum atomic E-state index is -1.05. The van der Waals surface area contributed by atoms with Crippen LogP contribution in [0.1, 0.15) is 28.9 Å². The molecule has 0 spiro atoms. The Morgan fingerprint density at radius 3 is 2.87 bits per heavy atom. The number of halogens is 1. The van der Waals surface area contributed by atoms with Crippen molar-refractivity contribution < 1.29 is 18.7 Å². The number of aliphatic imine (C=N–C) groups is 1. The Kier molecular flexibility index (Phi) is 6.78. The van der Waals surface area contributed by atoms with Crippen molar-refractivity contribution in [3.8, 4) is 5.75 Å². The average Bonchev–Trinajstić information content (AvgIpc) is 2.76. The van der Waals surface area contributed by atoms with Crippen LogP contribution in [0.5, 0.6) is 5.75 Å². The molecule has 30 heavy (non-hydrogen) atoms. The van der Waals surface area contributed by atoms with Gasteiger partial charge in [0.2, 0.25) is 0 Å². The van der Waals surface area contributed by atoms with Crippen molar-refractivity contribution in [1.82, 2.24) is 10.3 Å². The zero-order valence-electron chi connectivity index (χ0n) is 16.7. The van der Waals surface area contributed by atoms with E-state index >= 15 is 0 Å². The molecule has 8 nitrogen and oxygen atoms in total. The van der Waals surface area contributed by atoms with Crippen molar-refractivity contribution in [3.63, 3.8) is 0 Å². The summed E-state index contributed by atoms with van der Waals surface area (Å²) in [4.78, 5) is 20.5. The second kappa shape index (κ2) is 9.31. The summed E-state index contributed by atoms with van der Waals surface area (Å²) in [5.74, 6) is -0.238. The lowest BCUT2D eigenvalue weighted by molar-refractivity contribution is 0.00247. The zero-order valence-corrected chi connectivity index (χ0v) is 17.6. The highest BCUT2D eigenvalue weighted by atomic mass is 32.1. The van der Waals surface area contributed by atoms with Crippen molar-refractivity contribution in [2.45, 2.75) is 23.8 Å². The molecular formula is C20H24FN5O3S. The topological polar surface area (TPSA) is 111 Å². The molecule has 1 aromatic heterocycles. The first-order valence-corrected chi connectivity index (χ1v) is 9.83. The van der Waals surface area contributed by atoms with Gasteiger partial charge in [-0.25, -0.2) is 9.37 Å². The first-order chi connectivity index (χ1) is 14.4. The number of benzene rings is 1. The van der Waals surface area contributed by atoms with Crippen LogP contribution in [0, 0.1) is 5.82 Å². The summed E-state index contributed by atoms with van der Waals surface area (Å²) in [6.45, 7) is 0.502. The molecule has 1 fully saturated rings. The number of hydrogen-bond donors (Lipinski definition) is 4. The molecule has 4 N–H and O–H groups in total. The number of methoxy groups -OCH3 is 1. The summed E-state index contributed by atoms with van der Waals surface area (Å²) in [5.41, 5.74) is 5.05. The maximum absolute atomic E-state index is 14.9. The Hall–Kier alpha value is -2.85. The molecule has 1 amide bonds. The van der Waals surface area contributed by atoms with Gasteiger partial charge in [0.25, 0.3) is 5.91 Å². The number of nitrogens with two attached hydrogens (primary N) is 1. The van der Waals surface area contributed by atoms with Crippen molar-refractivity contribution in [1.29, 1.82) is 0 Å². The van der Waals surface area contributed by atoms with Crippen LogP contribution in [0.2, 0.25) is 0 Å². The van der Waals surface area contributed by atoms with E-state index in [2.05, 4.69) is 33.2 Å². The molecule has 2 unspecified atom stereocenters. The standard InChI is InChI=1S/C20H24FN5O3S/c1-23-19(22)26-20(8-3-9-29-18(20)30)14-10-12(4-6-15(14)21)25-17(27)16-7-5-13(28-2)11-24-16/h4-7,10-11,18,30H,3,8-9H2,1-2H3,(H,25,27)(H3,22,23,26). The number of rotatable bonds is 5. The van der Waals surface area contributed by atoms with Crippen LogP contribution in [0.15, 0.2) is 41.5 Å². The SMILES string of the molecule is CN=C(N)NC1(c2cc(NC(=O)c3ccc(OC)cn3)ccc2F)CCCOC1S.